The lowest BCUT2D eigenvalue weighted by atomic mass is 9.95. The van der Waals surface area contributed by atoms with Gasteiger partial charge in [0.05, 0.1) is 25.8 Å². The van der Waals surface area contributed by atoms with Crippen LogP contribution in [0.3, 0.4) is 0 Å². The molecule has 2 aliphatic rings. The molecular weight excluding hydrogens is 551 g/mol. The highest BCUT2D eigenvalue weighted by molar-refractivity contribution is 6.30. The molecule has 212 valence electrons. The lowest BCUT2D eigenvalue weighted by molar-refractivity contribution is -0.140. The maximum absolute atomic E-state index is 14.6. The first-order chi connectivity index (χ1) is 19.4. The third kappa shape index (κ3) is 5.93. The zero-order valence-electron chi connectivity index (χ0n) is 22.6. The van der Waals surface area contributed by atoms with Crippen LogP contribution >= 0.6 is 23.2 Å². The summed E-state index contributed by atoms with van der Waals surface area (Å²) < 4.78 is 16.9. The molecule has 3 aromatic carbocycles. The number of carbonyl (C=O) groups excluding carboxylic acids is 1. The molecule has 2 saturated heterocycles. The highest BCUT2D eigenvalue weighted by Crippen LogP contribution is 2.45. The molecule has 8 nitrogen and oxygen atoms in total. The number of hydrogen-bond donors (Lipinski definition) is 3. The van der Waals surface area contributed by atoms with Crippen LogP contribution in [-0.4, -0.2) is 64.4 Å². The molecule has 2 aliphatic heterocycles. The quantitative estimate of drug-likeness (QED) is 0.324. The largest absolute Gasteiger partial charge is 0.497 e. The lowest BCUT2D eigenvalue weighted by Crippen LogP contribution is -2.61. The summed E-state index contributed by atoms with van der Waals surface area (Å²) in [5, 5.41) is 12.1. The maximum Gasteiger partial charge on any atom is 0.262 e. The normalized spacial score (nSPS) is 22.8. The molecule has 0 saturated carbocycles. The number of benzene rings is 3. The van der Waals surface area contributed by atoms with E-state index >= 15 is 0 Å². The molecule has 40 heavy (non-hydrogen) atoms. The summed E-state index contributed by atoms with van der Waals surface area (Å²) in [5.74, 6) is 1.08. The smallest absolute Gasteiger partial charge is 0.262 e. The van der Waals surface area contributed by atoms with E-state index in [4.69, 9.17) is 37.4 Å². The Morgan fingerprint density at radius 3 is 1.98 bits per heavy atom. The number of rotatable bonds is 9. The topological polar surface area (TPSA) is 84.1 Å². The van der Waals surface area contributed by atoms with E-state index in [0.717, 1.165) is 24.2 Å². The van der Waals surface area contributed by atoms with Crippen molar-refractivity contribution in [3.8, 4) is 11.5 Å². The van der Waals surface area contributed by atoms with E-state index in [0.29, 0.717) is 53.4 Å². The number of nitrogens with one attached hydrogen (secondary N) is 3. The molecule has 2 fully saturated rings. The van der Waals surface area contributed by atoms with Gasteiger partial charge in [-0.15, -0.1) is 0 Å². The van der Waals surface area contributed by atoms with Crippen LogP contribution < -0.4 is 25.4 Å². The second-order valence-corrected chi connectivity index (χ2v) is 10.7. The molecule has 0 radical (unpaired) electrons. The van der Waals surface area contributed by atoms with Crippen molar-refractivity contribution in [2.45, 2.75) is 17.7 Å². The fourth-order valence-electron chi connectivity index (χ4n) is 5.36. The fourth-order valence-corrected chi connectivity index (χ4v) is 5.61. The molecule has 0 spiro atoms. The van der Waals surface area contributed by atoms with Gasteiger partial charge in [0.1, 0.15) is 18.1 Å². The van der Waals surface area contributed by atoms with Gasteiger partial charge in [-0.1, -0.05) is 47.5 Å². The summed E-state index contributed by atoms with van der Waals surface area (Å²) in [6, 6.07) is 20.4. The Kier molecular flexibility index (Phi) is 9.15. The van der Waals surface area contributed by atoms with Gasteiger partial charge in [-0.2, -0.15) is 0 Å². The second-order valence-electron chi connectivity index (χ2n) is 9.84. The van der Waals surface area contributed by atoms with Crippen LogP contribution in [0.25, 0.3) is 0 Å². The van der Waals surface area contributed by atoms with E-state index in [-0.39, 0.29) is 18.0 Å². The van der Waals surface area contributed by atoms with Crippen LogP contribution in [-0.2, 0) is 15.2 Å². The summed E-state index contributed by atoms with van der Waals surface area (Å²) in [4.78, 5) is 16.5. The molecule has 1 amide bonds. The molecule has 2 atom stereocenters. The Bertz CT molecular complexity index is 1250. The predicted octanol–water partition coefficient (Wildman–Crippen LogP) is 4.29. The van der Waals surface area contributed by atoms with Gasteiger partial charge in [0, 0.05) is 55.0 Å². The molecule has 0 aliphatic carbocycles. The summed E-state index contributed by atoms with van der Waals surface area (Å²) in [6.45, 7) is 3.35. The molecule has 3 N–H and O–H groups in total. The van der Waals surface area contributed by atoms with Crippen LogP contribution in [0.15, 0.2) is 66.7 Å². The van der Waals surface area contributed by atoms with E-state index in [1.54, 1.807) is 14.2 Å². The molecule has 10 heteroatoms. The Balaban J connectivity index is 1.66. The molecule has 0 aromatic heterocycles. The Labute approximate surface area is 244 Å². The van der Waals surface area contributed by atoms with Gasteiger partial charge >= 0.3 is 0 Å². The Morgan fingerprint density at radius 1 is 0.875 bits per heavy atom. The van der Waals surface area contributed by atoms with Gasteiger partial charge in [-0.25, -0.2) is 0 Å². The highest BCUT2D eigenvalue weighted by atomic mass is 35.5. The SMILES string of the molecule is COCCOc1cc(OC)ccc1C1(C(=O)N2CCNCC2)NC(c2ccc(Cl)cc2)C(c2ccc(Cl)cc2)N1. The first-order valence-corrected chi connectivity index (χ1v) is 14.1. The maximum atomic E-state index is 14.6. The van der Waals surface area contributed by atoms with Crippen molar-refractivity contribution in [1.82, 2.24) is 20.9 Å². The van der Waals surface area contributed by atoms with Gasteiger partial charge in [0.2, 0.25) is 0 Å². The van der Waals surface area contributed by atoms with Crippen molar-refractivity contribution >= 4 is 29.1 Å². The minimum atomic E-state index is -1.30. The minimum absolute atomic E-state index is 0.0776. The van der Waals surface area contributed by atoms with E-state index in [9.17, 15) is 4.79 Å². The number of ether oxygens (including phenoxy) is 3. The van der Waals surface area contributed by atoms with Crippen LogP contribution in [0.4, 0.5) is 0 Å². The minimum Gasteiger partial charge on any atom is -0.497 e. The fraction of sp³-hybridized carbons (Fsp3) is 0.367. The van der Waals surface area contributed by atoms with Crippen LogP contribution in [0, 0.1) is 0 Å². The first-order valence-electron chi connectivity index (χ1n) is 13.3. The predicted molar refractivity (Wildman–Crippen MR) is 156 cm³/mol. The molecule has 5 rings (SSSR count). The van der Waals surface area contributed by atoms with Gasteiger partial charge in [0.15, 0.2) is 5.66 Å². The number of amides is 1. The van der Waals surface area contributed by atoms with E-state index in [1.165, 1.54) is 0 Å². The summed E-state index contributed by atoms with van der Waals surface area (Å²) in [5.41, 5.74) is 1.34. The average Bonchev–Trinajstić information content (AvgIpc) is 3.39. The van der Waals surface area contributed by atoms with Gasteiger partial charge in [-0.3, -0.25) is 15.4 Å². The second kappa shape index (κ2) is 12.8. The third-order valence-electron chi connectivity index (χ3n) is 7.40. The van der Waals surface area contributed by atoms with E-state index in [1.807, 2.05) is 71.6 Å². The molecule has 2 heterocycles. The van der Waals surface area contributed by atoms with Crippen molar-refractivity contribution in [3.63, 3.8) is 0 Å². The Hall–Kier alpha value is -2.85. The number of hydrogen-bond acceptors (Lipinski definition) is 7. The molecule has 0 bridgehead atoms. The highest BCUT2D eigenvalue weighted by Gasteiger charge is 2.54. The number of nitrogens with zero attached hydrogens (tertiary/aromatic N) is 1. The van der Waals surface area contributed by atoms with Crippen LogP contribution in [0.1, 0.15) is 28.8 Å². The van der Waals surface area contributed by atoms with Crippen molar-refractivity contribution < 1.29 is 19.0 Å². The number of piperazine rings is 1. The van der Waals surface area contributed by atoms with Gasteiger partial charge in [-0.05, 0) is 47.5 Å². The van der Waals surface area contributed by atoms with Crippen LogP contribution in [0.2, 0.25) is 10.0 Å². The first kappa shape index (κ1) is 28.7. The van der Waals surface area contributed by atoms with Crippen molar-refractivity contribution in [3.05, 3.63) is 93.5 Å². The zero-order valence-corrected chi connectivity index (χ0v) is 24.1. The van der Waals surface area contributed by atoms with E-state index in [2.05, 4.69) is 16.0 Å². The Morgan fingerprint density at radius 2 is 1.45 bits per heavy atom. The summed E-state index contributed by atoms with van der Waals surface area (Å²) in [7, 11) is 3.23. The monoisotopic (exact) mass is 584 g/mol. The van der Waals surface area contributed by atoms with Gasteiger partial charge in [0.25, 0.3) is 5.91 Å². The van der Waals surface area contributed by atoms with Crippen LogP contribution in [0.5, 0.6) is 11.5 Å². The van der Waals surface area contributed by atoms with Crippen molar-refractivity contribution in [2.75, 3.05) is 53.6 Å². The number of halogens is 2. The van der Waals surface area contributed by atoms with Crippen molar-refractivity contribution in [2.24, 2.45) is 0 Å². The number of methoxy groups -OCH3 is 2. The van der Waals surface area contributed by atoms with E-state index < -0.39 is 5.66 Å². The summed E-state index contributed by atoms with van der Waals surface area (Å²) in [6.07, 6.45) is 0. The third-order valence-corrected chi connectivity index (χ3v) is 7.90. The number of carbonyl (C=O) groups is 1. The molecular formula is C30H34Cl2N4O4. The molecule has 3 aromatic rings. The zero-order chi connectivity index (χ0) is 28.1. The van der Waals surface area contributed by atoms with Crippen molar-refractivity contribution in [1.29, 1.82) is 0 Å². The summed E-state index contributed by atoms with van der Waals surface area (Å²) >= 11 is 12.5. The molecule has 2 unspecified atom stereocenters. The average molecular weight is 586 g/mol. The standard InChI is InChI=1S/C30H34Cl2N4O4/c1-38-17-18-40-26-19-24(39-2)11-12-25(26)30(29(37)36-15-13-33-14-16-36)34-27(20-3-7-22(31)8-4-20)28(35-30)21-5-9-23(32)10-6-21/h3-12,19,27-28,33-35H,13-18H2,1-2H3. The van der Waals surface area contributed by atoms with Gasteiger partial charge < -0.3 is 24.4 Å². The lowest BCUT2D eigenvalue weighted by Gasteiger charge is -2.38.